The van der Waals surface area contributed by atoms with Crippen LogP contribution in [0.1, 0.15) is 31.9 Å². The quantitative estimate of drug-likeness (QED) is 0.758. The first-order valence-electron chi connectivity index (χ1n) is 5.31. The van der Waals surface area contributed by atoms with E-state index in [-0.39, 0.29) is 0 Å². The van der Waals surface area contributed by atoms with E-state index >= 15 is 0 Å². The van der Waals surface area contributed by atoms with Gasteiger partial charge in [0.1, 0.15) is 0 Å². The molecule has 0 fully saturated rings. The molecule has 0 bridgehead atoms. The standard InChI is InChI=1S/C13H19NS/c1-4-5-12-6-8-13(9-7-12)10-15-14-11(2)3/h4-9,11,14H,10H2,1-3H3/b5-4+. The number of hydrogen-bond donors (Lipinski definition) is 1. The molecule has 1 nitrogen and oxygen atoms in total. The van der Waals surface area contributed by atoms with Gasteiger partial charge in [0.2, 0.25) is 0 Å². The topological polar surface area (TPSA) is 12.0 Å². The van der Waals surface area contributed by atoms with E-state index in [1.165, 1.54) is 11.1 Å². The van der Waals surface area contributed by atoms with Crippen molar-refractivity contribution in [1.29, 1.82) is 0 Å². The Bertz CT molecular complexity index is 301. The van der Waals surface area contributed by atoms with Crippen molar-refractivity contribution < 1.29 is 0 Å². The van der Waals surface area contributed by atoms with Gasteiger partial charge in [-0.1, -0.05) is 48.4 Å². The molecular weight excluding hydrogens is 202 g/mol. The van der Waals surface area contributed by atoms with Crippen molar-refractivity contribution in [3.63, 3.8) is 0 Å². The van der Waals surface area contributed by atoms with Crippen LogP contribution in [-0.2, 0) is 5.75 Å². The van der Waals surface area contributed by atoms with Gasteiger partial charge < -0.3 is 0 Å². The number of benzene rings is 1. The summed E-state index contributed by atoms with van der Waals surface area (Å²) in [6, 6.07) is 9.22. The lowest BCUT2D eigenvalue weighted by Crippen LogP contribution is -2.14. The monoisotopic (exact) mass is 221 g/mol. The van der Waals surface area contributed by atoms with Gasteiger partial charge in [-0.3, -0.25) is 4.72 Å². The molecule has 0 saturated heterocycles. The molecule has 0 atom stereocenters. The molecular formula is C13H19NS. The molecule has 0 aliphatic rings. The lowest BCUT2D eigenvalue weighted by Gasteiger charge is -2.06. The van der Waals surface area contributed by atoms with Crippen molar-refractivity contribution in [3.05, 3.63) is 41.5 Å². The van der Waals surface area contributed by atoms with Crippen LogP contribution >= 0.6 is 11.9 Å². The van der Waals surface area contributed by atoms with Crippen LogP contribution < -0.4 is 4.72 Å². The fourth-order valence-electron chi connectivity index (χ4n) is 1.21. The van der Waals surface area contributed by atoms with E-state index in [9.17, 15) is 0 Å². The van der Waals surface area contributed by atoms with Crippen LogP contribution in [0.3, 0.4) is 0 Å². The highest BCUT2D eigenvalue weighted by atomic mass is 32.2. The summed E-state index contributed by atoms with van der Waals surface area (Å²) in [5, 5.41) is 0. The highest BCUT2D eigenvalue weighted by Gasteiger charge is 1.95. The molecule has 0 unspecified atom stereocenters. The third-order valence-corrected chi connectivity index (χ3v) is 3.01. The minimum atomic E-state index is 0.539. The fourth-order valence-corrected chi connectivity index (χ4v) is 1.98. The van der Waals surface area contributed by atoms with Gasteiger partial charge in [-0.2, -0.15) is 0 Å². The third kappa shape index (κ3) is 5.05. The molecule has 0 aliphatic carbocycles. The zero-order valence-electron chi connectivity index (χ0n) is 9.66. The van der Waals surface area contributed by atoms with Crippen LogP contribution in [0, 0.1) is 0 Å². The smallest absolute Gasteiger partial charge is 0.0330 e. The van der Waals surface area contributed by atoms with E-state index in [1.54, 1.807) is 11.9 Å². The Morgan fingerprint density at radius 3 is 2.47 bits per heavy atom. The minimum Gasteiger partial charge on any atom is -0.261 e. The fraction of sp³-hybridized carbons (Fsp3) is 0.385. The van der Waals surface area contributed by atoms with E-state index in [1.807, 2.05) is 6.92 Å². The maximum absolute atomic E-state index is 3.34. The molecule has 0 amide bonds. The maximum Gasteiger partial charge on any atom is 0.0330 e. The van der Waals surface area contributed by atoms with Gasteiger partial charge in [-0.05, 0) is 31.9 Å². The lowest BCUT2D eigenvalue weighted by atomic mass is 10.1. The van der Waals surface area contributed by atoms with E-state index in [0.717, 1.165) is 5.75 Å². The Hall–Kier alpha value is -0.730. The Morgan fingerprint density at radius 2 is 1.93 bits per heavy atom. The Morgan fingerprint density at radius 1 is 1.27 bits per heavy atom. The summed E-state index contributed by atoms with van der Waals surface area (Å²) < 4.78 is 3.34. The highest BCUT2D eigenvalue weighted by Crippen LogP contribution is 2.12. The second-order valence-electron chi connectivity index (χ2n) is 3.80. The second-order valence-corrected chi connectivity index (χ2v) is 4.62. The molecule has 82 valence electrons. The van der Waals surface area contributed by atoms with Crippen LogP contribution in [0.25, 0.3) is 6.08 Å². The van der Waals surface area contributed by atoms with E-state index < -0.39 is 0 Å². The number of allylic oxidation sites excluding steroid dienone is 1. The molecule has 1 aromatic carbocycles. The average Bonchev–Trinajstić information content (AvgIpc) is 2.20. The van der Waals surface area contributed by atoms with Gasteiger partial charge in [0, 0.05) is 11.8 Å². The van der Waals surface area contributed by atoms with Gasteiger partial charge in [-0.25, -0.2) is 0 Å². The summed E-state index contributed by atoms with van der Waals surface area (Å²) >= 11 is 1.77. The van der Waals surface area contributed by atoms with Gasteiger partial charge in [0.15, 0.2) is 0 Å². The van der Waals surface area contributed by atoms with Crippen LogP contribution in [0.4, 0.5) is 0 Å². The van der Waals surface area contributed by atoms with Crippen molar-refractivity contribution in [3.8, 4) is 0 Å². The van der Waals surface area contributed by atoms with E-state index in [2.05, 4.69) is 55.0 Å². The first-order chi connectivity index (χ1) is 7.22. The maximum atomic E-state index is 3.34. The molecule has 0 aromatic heterocycles. The van der Waals surface area contributed by atoms with Gasteiger partial charge in [0.25, 0.3) is 0 Å². The lowest BCUT2D eigenvalue weighted by molar-refractivity contribution is 0.770. The Labute approximate surface area is 97.1 Å². The molecule has 0 aliphatic heterocycles. The van der Waals surface area contributed by atoms with Gasteiger partial charge in [-0.15, -0.1) is 0 Å². The largest absolute Gasteiger partial charge is 0.261 e. The first kappa shape index (κ1) is 12.3. The molecule has 0 spiro atoms. The van der Waals surface area contributed by atoms with Gasteiger partial charge in [0.05, 0.1) is 0 Å². The SMILES string of the molecule is C/C=C/c1ccc(CSNC(C)C)cc1. The summed E-state index contributed by atoms with van der Waals surface area (Å²) in [7, 11) is 0. The van der Waals surface area contributed by atoms with Crippen molar-refractivity contribution in [2.45, 2.75) is 32.6 Å². The molecule has 0 heterocycles. The van der Waals surface area contributed by atoms with Crippen molar-refractivity contribution in [2.75, 3.05) is 0 Å². The van der Waals surface area contributed by atoms with Crippen molar-refractivity contribution in [1.82, 2.24) is 4.72 Å². The zero-order valence-corrected chi connectivity index (χ0v) is 10.5. The molecule has 0 saturated carbocycles. The molecule has 1 aromatic rings. The van der Waals surface area contributed by atoms with Crippen LogP contribution in [0.5, 0.6) is 0 Å². The summed E-state index contributed by atoms with van der Waals surface area (Å²) in [6.07, 6.45) is 4.17. The van der Waals surface area contributed by atoms with Crippen molar-refractivity contribution >= 4 is 18.0 Å². The normalized spacial score (nSPS) is 11.5. The van der Waals surface area contributed by atoms with Crippen molar-refractivity contribution in [2.24, 2.45) is 0 Å². The minimum absolute atomic E-state index is 0.539. The predicted molar refractivity (Wildman–Crippen MR) is 70.7 cm³/mol. The number of nitrogens with one attached hydrogen (secondary N) is 1. The summed E-state index contributed by atoms with van der Waals surface area (Å²) in [5.41, 5.74) is 2.63. The molecule has 15 heavy (non-hydrogen) atoms. The number of rotatable bonds is 5. The molecule has 2 heteroatoms. The second kappa shape index (κ2) is 6.70. The van der Waals surface area contributed by atoms with Crippen LogP contribution in [0.15, 0.2) is 30.3 Å². The number of hydrogen-bond acceptors (Lipinski definition) is 2. The summed E-state index contributed by atoms with van der Waals surface area (Å²) in [4.78, 5) is 0. The third-order valence-electron chi connectivity index (χ3n) is 1.90. The molecule has 0 radical (unpaired) electrons. The summed E-state index contributed by atoms with van der Waals surface area (Å²) in [5.74, 6) is 1.02. The zero-order chi connectivity index (χ0) is 11.1. The predicted octanol–water partition coefficient (Wildman–Crippen LogP) is 3.87. The summed E-state index contributed by atoms with van der Waals surface area (Å²) in [6.45, 7) is 6.35. The Balaban J connectivity index is 2.42. The molecule has 1 N–H and O–H groups in total. The highest BCUT2D eigenvalue weighted by molar-refractivity contribution is 7.96. The average molecular weight is 221 g/mol. The molecule has 1 rings (SSSR count). The van der Waals surface area contributed by atoms with Gasteiger partial charge >= 0.3 is 0 Å². The van der Waals surface area contributed by atoms with E-state index in [4.69, 9.17) is 0 Å². The van der Waals surface area contributed by atoms with Crippen LogP contribution in [0.2, 0.25) is 0 Å². The Kier molecular flexibility index (Phi) is 5.51. The van der Waals surface area contributed by atoms with E-state index in [0.29, 0.717) is 6.04 Å². The first-order valence-corrected chi connectivity index (χ1v) is 6.30. The van der Waals surface area contributed by atoms with Crippen LogP contribution in [-0.4, -0.2) is 6.04 Å².